The van der Waals surface area contributed by atoms with Crippen molar-refractivity contribution in [1.29, 1.82) is 5.26 Å². The van der Waals surface area contributed by atoms with Crippen LogP contribution < -0.4 is 14.8 Å². The van der Waals surface area contributed by atoms with Gasteiger partial charge in [0.15, 0.2) is 11.5 Å². The van der Waals surface area contributed by atoms with Gasteiger partial charge >= 0.3 is 0 Å². The zero-order chi connectivity index (χ0) is 19.2. The molecule has 0 aliphatic rings. The number of amides is 1. The molecule has 0 spiro atoms. The molecule has 1 heterocycles. The number of methoxy groups -OCH3 is 2. The molecule has 7 nitrogen and oxygen atoms in total. The first-order valence-electron chi connectivity index (χ1n) is 8.19. The number of rotatable bonds is 6. The highest BCUT2D eigenvalue weighted by molar-refractivity contribution is 5.98. The van der Waals surface area contributed by atoms with Crippen LogP contribution in [0.2, 0.25) is 0 Å². The van der Waals surface area contributed by atoms with Crippen molar-refractivity contribution in [3.63, 3.8) is 0 Å². The summed E-state index contributed by atoms with van der Waals surface area (Å²) in [5.74, 6) is 0.314. The SMILES string of the molecule is COc1cccc(C(=O)NC(C#N)c2cnn(-c3ccccc3)c2)c1OC. The fraction of sp³-hybridized carbons (Fsp3) is 0.150. The van der Waals surface area contributed by atoms with Crippen molar-refractivity contribution in [2.24, 2.45) is 0 Å². The van der Waals surface area contributed by atoms with Gasteiger partial charge < -0.3 is 14.8 Å². The van der Waals surface area contributed by atoms with Crippen LogP contribution in [-0.2, 0) is 0 Å². The van der Waals surface area contributed by atoms with Crippen LogP contribution in [0.5, 0.6) is 11.5 Å². The molecule has 1 aromatic heterocycles. The van der Waals surface area contributed by atoms with Gasteiger partial charge in [-0.05, 0) is 24.3 Å². The number of nitrogens with zero attached hydrogens (tertiary/aromatic N) is 3. The smallest absolute Gasteiger partial charge is 0.256 e. The molecule has 0 saturated carbocycles. The third-order valence-corrected chi connectivity index (χ3v) is 4.01. The van der Waals surface area contributed by atoms with E-state index in [0.29, 0.717) is 17.1 Å². The predicted molar refractivity (Wildman–Crippen MR) is 98.9 cm³/mol. The number of hydrogen-bond donors (Lipinski definition) is 1. The standard InChI is InChI=1S/C20H18N4O3/c1-26-18-10-6-9-16(19(18)27-2)20(25)23-17(11-21)14-12-22-24(13-14)15-7-4-3-5-8-15/h3-10,12-13,17H,1-2H3,(H,23,25). The summed E-state index contributed by atoms with van der Waals surface area (Å²) in [5.41, 5.74) is 1.73. The molecule has 27 heavy (non-hydrogen) atoms. The Bertz CT molecular complexity index is 976. The maximum absolute atomic E-state index is 12.7. The molecule has 1 atom stereocenters. The molecule has 0 aliphatic heterocycles. The van der Waals surface area contributed by atoms with Crippen molar-refractivity contribution < 1.29 is 14.3 Å². The molecule has 7 heteroatoms. The number of nitriles is 1. The first-order valence-corrected chi connectivity index (χ1v) is 8.19. The molecule has 0 bridgehead atoms. The second-order valence-electron chi connectivity index (χ2n) is 5.63. The minimum atomic E-state index is -0.856. The van der Waals surface area contributed by atoms with Gasteiger partial charge in [0.25, 0.3) is 5.91 Å². The summed E-state index contributed by atoms with van der Waals surface area (Å²) >= 11 is 0. The summed E-state index contributed by atoms with van der Waals surface area (Å²) in [6.07, 6.45) is 3.27. The zero-order valence-corrected chi connectivity index (χ0v) is 14.9. The Morgan fingerprint density at radius 1 is 1.15 bits per heavy atom. The van der Waals surface area contributed by atoms with Crippen LogP contribution in [0.15, 0.2) is 60.9 Å². The van der Waals surface area contributed by atoms with Gasteiger partial charge in [0.2, 0.25) is 0 Å². The lowest BCUT2D eigenvalue weighted by atomic mass is 10.1. The second-order valence-corrected chi connectivity index (χ2v) is 5.63. The lowest BCUT2D eigenvalue weighted by molar-refractivity contribution is 0.0941. The Balaban J connectivity index is 1.83. The number of nitrogens with one attached hydrogen (secondary N) is 1. The van der Waals surface area contributed by atoms with E-state index in [4.69, 9.17) is 9.47 Å². The zero-order valence-electron chi connectivity index (χ0n) is 14.9. The van der Waals surface area contributed by atoms with Gasteiger partial charge in [0, 0.05) is 11.8 Å². The van der Waals surface area contributed by atoms with Crippen LogP contribution >= 0.6 is 0 Å². The molecule has 3 aromatic rings. The van der Waals surface area contributed by atoms with E-state index < -0.39 is 11.9 Å². The molecule has 1 N–H and O–H groups in total. The number of aromatic nitrogens is 2. The number of benzene rings is 2. The Labute approximate surface area is 156 Å². The Hall–Kier alpha value is -3.79. The van der Waals surface area contributed by atoms with Crippen LogP contribution in [0, 0.1) is 11.3 Å². The quantitative estimate of drug-likeness (QED) is 0.728. The van der Waals surface area contributed by atoms with Crippen LogP contribution in [0.4, 0.5) is 0 Å². The average Bonchev–Trinajstić information content (AvgIpc) is 3.21. The molecule has 0 saturated heterocycles. The van der Waals surface area contributed by atoms with E-state index in [2.05, 4.69) is 16.5 Å². The van der Waals surface area contributed by atoms with Gasteiger partial charge in [-0.2, -0.15) is 10.4 Å². The Morgan fingerprint density at radius 2 is 1.93 bits per heavy atom. The molecule has 0 fully saturated rings. The van der Waals surface area contributed by atoms with Crippen molar-refractivity contribution in [3.8, 4) is 23.3 Å². The Kier molecular flexibility index (Phi) is 5.38. The van der Waals surface area contributed by atoms with E-state index in [1.807, 2.05) is 30.3 Å². The van der Waals surface area contributed by atoms with Crippen molar-refractivity contribution in [1.82, 2.24) is 15.1 Å². The van der Waals surface area contributed by atoms with Crippen molar-refractivity contribution in [3.05, 3.63) is 72.1 Å². The van der Waals surface area contributed by atoms with Gasteiger partial charge in [-0.3, -0.25) is 4.79 Å². The highest BCUT2D eigenvalue weighted by atomic mass is 16.5. The summed E-state index contributed by atoms with van der Waals surface area (Å²) in [4.78, 5) is 12.7. The van der Waals surface area contributed by atoms with Gasteiger partial charge in [-0.25, -0.2) is 4.68 Å². The van der Waals surface area contributed by atoms with Crippen LogP contribution in [0.1, 0.15) is 22.0 Å². The summed E-state index contributed by atoms with van der Waals surface area (Å²) < 4.78 is 12.1. The van der Waals surface area contributed by atoms with Crippen LogP contribution in [0.3, 0.4) is 0 Å². The molecule has 0 aliphatic carbocycles. The second kappa shape index (κ2) is 8.06. The molecule has 1 unspecified atom stereocenters. The normalized spacial score (nSPS) is 11.3. The van der Waals surface area contributed by atoms with Gasteiger partial charge in [-0.15, -0.1) is 0 Å². The largest absolute Gasteiger partial charge is 0.493 e. The van der Waals surface area contributed by atoms with Crippen LogP contribution in [-0.4, -0.2) is 29.9 Å². The molecule has 1 amide bonds. The third kappa shape index (κ3) is 3.75. The third-order valence-electron chi connectivity index (χ3n) is 4.01. The van der Waals surface area contributed by atoms with Crippen molar-refractivity contribution in [2.45, 2.75) is 6.04 Å². The van der Waals surface area contributed by atoms with Gasteiger partial charge in [0.05, 0.1) is 37.7 Å². The van der Waals surface area contributed by atoms with Crippen LogP contribution in [0.25, 0.3) is 5.69 Å². The van der Waals surface area contributed by atoms with E-state index in [1.54, 1.807) is 35.3 Å². The number of ether oxygens (including phenoxy) is 2. The maximum Gasteiger partial charge on any atom is 0.256 e. The first kappa shape index (κ1) is 18.0. The molecule has 2 aromatic carbocycles. The fourth-order valence-corrected chi connectivity index (χ4v) is 2.67. The Morgan fingerprint density at radius 3 is 2.59 bits per heavy atom. The number of para-hydroxylation sites is 2. The van der Waals surface area contributed by atoms with Gasteiger partial charge in [-0.1, -0.05) is 24.3 Å². The molecular formula is C20H18N4O3. The van der Waals surface area contributed by atoms with E-state index >= 15 is 0 Å². The summed E-state index contributed by atoms with van der Waals surface area (Å²) in [7, 11) is 2.95. The average molecular weight is 362 g/mol. The summed E-state index contributed by atoms with van der Waals surface area (Å²) in [6.45, 7) is 0. The van der Waals surface area contributed by atoms with E-state index in [0.717, 1.165) is 5.69 Å². The lowest BCUT2D eigenvalue weighted by Crippen LogP contribution is -2.27. The molecule has 0 radical (unpaired) electrons. The topological polar surface area (TPSA) is 89.2 Å². The minimum Gasteiger partial charge on any atom is -0.493 e. The molecule has 3 rings (SSSR count). The molecular weight excluding hydrogens is 344 g/mol. The minimum absolute atomic E-state index is 0.285. The lowest BCUT2D eigenvalue weighted by Gasteiger charge is -2.14. The highest BCUT2D eigenvalue weighted by Crippen LogP contribution is 2.31. The highest BCUT2D eigenvalue weighted by Gasteiger charge is 2.21. The van der Waals surface area contributed by atoms with Crippen molar-refractivity contribution >= 4 is 5.91 Å². The van der Waals surface area contributed by atoms with E-state index in [1.165, 1.54) is 14.2 Å². The molecule has 136 valence electrons. The summed E-state index contributed by atoms with van der Waals surface area (Å²) in [5, 5.41) is 16.5. The fourth-order valence-electron chi connectivity index (χ4n) is 2.67. The number of carbonyl (C=O) groups is 1. The predicted octanol–water partition coefficient (Wildman–Crippen LogP) is 2.88. The van der Waals surface area contributed by atoms with E-state index in [-0.39, 0.29) is 5.56 Å². The van der Waals surface area contributed by atoms with Gasteiger partial charge in [0.1, 0.15) is 6.04 Å². The van der Waals surface area contributed by atoms with Crippen molar-refractivity contribution in [2.75, 3.05) is 14.2 Å². The number of hydrogen-bond acceptors (Lipinski definition) is 5. The van der Waals surface area contributed by atoms with E-state index in [9.17, 15) is 10.1 Å². The summed E-state index contributed by atoms with van der Waals surface area (Å²) in [6, 6.07) is 15.7. The maximum atomic E-state index is 12.7. The monoisotopic (exact) mass is 362 g/mol. The first-order chi connectivity index (χ1) is 13.2. The number of carbonyl (C=O) groups excluding carboxylic acids is 1.